The van der Waals surface area contributed by atoms with E-state index in [1.165, 1.54) is 4.90 Å². The molecule has 9 nitrogen and oxygen atoms in total. The number of nitrogens with zero attached hydrogens (tertiary/aromatic N) is 1. The number of amides is 4. The third-order valence-corrected chi connectivity index (χ3v) is 6.74. The fourth-order valence-electron chi connectivity index (χ4n) is 4.29. The van der Waals surface area contributed by atoms with Crippen molar-refractivity contribution in [1.82, 2.24) is 10.2 Å². The van der Waals surface area contributed by atoms with Crippen molar-refractivity contribution < 1.29 is 23.9 Å². The van der Waals surface area contributed by atoms with Crippen LogP contribution in [0.5, 0.6) is 0 Å². The topological polar surface area (TPSA) is 131 Å². The van der Waals surface area contributed by atoms with Gasteiger partial charge in [-0.3, -0.25) is 14.4 Å². The van der Waals surface area contributed by atoms with E-state index in [1.54, 1.807) is 57.2 Å². The van der Waals surface area contributed by atoms with Crippen molar-refractivity contribution in [2.75, 3.05) is 5.32 Å². The molecule has 2 rings (SSSR count). The number of carbonyl (C=O) groups is 4. The van der Waals surface area contributed by atoms with Crippen LogP contribution in [0.1, 0.15) is 83.5 Å². The monoisotopic (exact) mass is 562 g/mol. The molecule has 0 fully saturated rings. The Morgan fingerprint density at radius 2 is 1.63 bits per heavy atom. The van der Waals surface area contributed by atoms with E-state index in [2.05, 4.69) is 16.6 Å². The normalized spacial score (nSPS) is 12.8. The Labute approximate surface area is 243 Å². The highest BCUT2D eigenvalue weighted by Crippen LogP contribution is 2.35. The van der Waals surface area contributed by atoms with E-state index >= 15 is 0 Å². The van der Waals surface area contributed by atoms with Crippen LogP contribution >= 0.6 is 0 Å². The summed E-state index contributed by atoms with van der Waals surface area (Å²) in [7, 11) is 0. The number of hydrogen-bond acceptors (Lipinski definition) is 5. The summed E-state index contributed by atoms with van der Waals surface area (Å²) in [6.45, 7) is 12.5. The van der Waals surface area contributed by atoms with Crippen LogP contribution in [0, 0.1) is 19.3 Å². The molecular weight excluding hydrogens is 520 g/mol. The fraction of sp³-hybridized carbons (Fsp3) is 0.438. The Bertz CT molecular complexity index is 1310. The average Bonchev–Trinajstić information content (AvgIpc) is 2.89. The number of ether oxygens (including phenoxy) is 1. The lowest BCUT2D eigenvalue weighted by atomic mass is 9.89. The highest BCUT2D eigenvalue weighted by Gasteiger charge is 2.43. The zero-order chi connectivity index (χ0) is 31.0. The molecule has 220 valence electrons. The molecule has 9 heteroatoms. The molecular formula is C32H42N4O5. The Kier molecular flexibility index (Phi) is 11.1. The number of aryl methyl sites for hydroxylation is 1. The minimum atomic E-state index is -1.21. The van der Waals surface area contributed by atoms with Crippen LogP contribution in [0.4, 0.5) is 10.5 Å². The summed E-state index contributed by atoms with van der Waals surface area (Å²) in [6, 6.07) is 11.8. The standard InChI is InChI=1S/C32H42N4O5/c1-9-22-16-12-13-17-23(22)27(28(38)34-24-18-14-11-15-21(24)3)36(32(7,8)10-2)29(39)25(19-20-26(33)37)35-30(40)41-31(4,5)6/h1,11-18,25,27H,10,19-20H2,2-8H3,(H2,33,37)(H,34,38)(H,35,40). The first-order valence-corrected chi connectivity index (χ1v) is 13.6. The van der Waals surface area contributed by atoms with Crippen LogP contribution in [0.3, 0.4) is 0 Å². The lowest BCUT2D eigenvalue weighted by Gasteiger charge is -2.44. The highest BCUT2D eigenvalue weighted by atomic mass is 16.6. The lowest BCUT2D eigenvalue weighted by Crippen LogP contribution is -2.59. The first-order valence-electron chi connectivity index (χ1n) is 13.6. The largest absolute Gasteiger partial charge is 0.444 e. The van der Waals surface area contributed by atoms with Crippen molar-refractivity contribution in [2.24, 2.45) is 5.73 Å². The molecule has 41 heavy (non-hydrogen) atoms. The van der Waals surface area contributed by atoms with E-state index < -0.39 is 47.0 Å². The molecule has 4 amide bonds. The highest BCUT2D eigenvalue weighted by molar-refractivity contribution is 6.00. The zero-order valence-corrected chi connectivity index (χ0v) is 25.0. The molecule has 0 spiro atoms. The molecule has 2 aromatic carbocycles. The van der Waals surface area contributed by atoms with E-state index in [0.717, 1.165) is 5.56 Å². The number of nitrogens with two attached hydrogens (primary N) is 1. The van der Waals surface area contributed by atoms with Gasteiger partial charge in [-0.2, -0.15) is 0 Å². The molecule has 0 radical (unpaired) electrons. The van der Waals surface area contributed by atoms with Gasteiger partial charge >= 0.3 is 6.09 Å². The number of alkyl carbamates (subject to hydrolysis) is 1. The van der Waals surface area contributed by atoms with Crippen molar-refractivity contribution in [3.63, 3.8) is 0 Å². The molecule has 2 unspecified atom stereocenters. The van der Waals surface area contributed by atoms with Gasteiger partial charge in [-0.15, -0.1) is 6.42 Å². The van der Waals surface area contributed by atoms with Crippen LogP contribution in [0.2, 0.25) is 0 Å². The van der Waals surface area contributed by atoms with Crippen molar-refractivity contribution in [3.8, 4) is 12.3 Å². The Balaban J connectivity index is 2.72. The smallest absolute Gasteiger partial charge is 0.408 e. The van der Waals surface area contributed by atoms with E-state index in [9.17, 15) is 19.2 Å². The SMILES string of the molecule is C#Cc1ccccc1C(C(=O)Nc1ccccc1C)N(C(=O)C(CCC(N)=O)NC(=O)OC(C)(C)C)C(C)(C)CC. The van der Waals surface area contributed by atoms with Crippen molar-refractivity contribution in [3.05, 3.63) is 65.2 Å². The summed E-state index contributed by atoms with van der Waals surface area (Å²) in [5, 5.41) is 5.57. The van der Waals surface area contributed by atoms with Gasteiger partial charge in [0.2, 0.25) is 11.8 Å². The number of para-hydroxylation sites is 1. The number of rotatable bonds is 11. The maximum Gasteiger partial charge on any atom is 0.408 e. The van der Waals surface area contributed by atoms with Crippen LogP contribution in [0.25, 0.3) is 0 Å². The zero-order valence-electron chi connectivity index (χ0n) is 25.0. The number of terminal acetylenes is 1. The number of anilines is 1. The van der Waals surface area contributed by atoms with Gasteiger partial charge in [0.25, 0.3) is 5.91 Å². The van der Waals surface area contributed by atoms with Gasteiger partial charge in [0.15, 0.2) is 0 Å². The molecule has 0 aliphatic carbocycles. The number of hydrogen-bond donors (Lipinski definition) is 3. The number of primary amides is 1. The van der Waals surface area contributed by atoms with Crippen LogP contribution < -0.4 is 16.4 Å². The molecule has 0 aromatic heterocycles. The Morgan fingerprint density at radius 1 is 1.02 bits per heavy atom. The number of benzene rings is 2. The summed E-state index contributed by atoms with van der Waals surface area (Å²) >= 11 is 0. The number of nitrogens with one attached hydrogen (secondary N) is 2. The summed E-state index contributed by atoms with van der Waals surface area (Å²) in [5.41, 5.74) is 5.99. The van der Waals surface area contributed by atoms with Crippen LogP contribution in [-0.2, 0) is 19.1 Å². The third-order valence-electron chi connectivity index (χ3n) is 6.74. The maximum absolute atomic E-state index is 14.5. The van der Waals surface area contributed by atoms with Crippen LogP contribution in [-0.4, -0.2) is 45.9 Å². The quantitative estimate of drug-likeness (QED) is 0.338. The van der Waals surface area contributed by atoms with E-state index in [-0.39, 0.29) is 12.8 Å². The molecule has 0 saturated heterocycles. The summed E-state index contributed by atoms with van der Waals surface area (Å²) in [4.78, 5) is 54.6. The Hall–Kier alpha value is -4.32. The molecule has 0 heterocycles. The van der Waals surface area contributed by atoms with E-state index in [0.29, 0.717) is 23.2 Å². The van der Waals surface area contributed by atoms with Gasteiger partial charge in [-0.25, -0.2) is 4.79 Å². The van der Waals surface area contributed by atoms with Crippen molar-refractivity contribution in [1.29, 1.82) is 0 Å². The Morgan fingerprint density at radius 3 is 2.20 bits per heavy atom. The molecule has 0 aliphatic heterocycles. The molecule has 4 N–H and O–H groups in total. The minimum absolute atomic E-state index is 0.0907. The second-order valence-corrected chi connectivity index (χ2v) is 11.5. The molecule has 0 aliphatic rings. The van der Waals surface area contributed by atoms with Crippen molar-refractivity contribution in [2.45, 2.75) is 91.0 Å². The molecule has 0 bridgehead atoms. The molecule has 2 aromatic rings. The molecule has 0 saturated carbocycles. The summed E-state index contributed by atoms with van der Waals surface area (Å²) < 4.78 is 5.40. The van der Waals surface area contributed by atoms with Gasteiger partial charge < -0.3 is 26.0 Å². The van der Waals surface area contributed by atoms with Crippen LogP contribution in [0.15, 0.2) is 48.5 Å². The number of carbonyl (C=O) groups excluding carboxylic acids is 4. The van der Waals surface area contributed by atoms with Gasteiger partial charge in [0.1, 0.15) is 17.7 Å². The van der Waals surface area contributed by atoms with E-state index in [4.69, 9.17) is 16.9 Å². The minimum Gasteiger partial charge on any atom is -0.444 e. The summed E-state index contributed by atoms with van der Waals surface area (Å²) in [5.74, 6) is 0.924. The maximum atomic E-state index is 14.5. The van der Waals surface area contributed by atoms with Crippen molar-refractivity contribution >= 4 is 29.5 Å². The predicted octanol–water partition coefficient (Wildman–Crippen LogP) is 4.83. The third kappa shape index (κ3) is 9.10. The van der Waals surface area contributed by atoms with Gasteiger partial charge in [-0.05, 0) is 77.6 Å². The second-order valence-electron chi connectivity index (χ2n) is 11.5. The lowest BCUT2D eigenvalue weighted by molar-refractivity contribution is -0.148. The van der Waals surface area contributed by atoms with Gasteiger partial charge in [0, 0.05) is 23.2 Å². The van der Waals surface area contributed by atoms with E-state index in [1.807, 2.05) is 39.8 Å². The van der Waals surface area contributed by atoms with Gasteiger partial charge in [-0.1, -0.05) is 49.2 Å². The van der Waals surface area contributed by atoms with Gasteiger partial charge in [0.05, 0.1) is 0 Å². The first kappa shape index (κ1) is 32.9. The predicted molar refractivity (Wildman–Crippen MR) is 160 cm³/mol. The first-order chi connectivity index (χ1) is 19.1. The fourth-order valence-corrected chi connectivity index (χ4v) is 4.29. The average molecular weight is 563 g/mol. The second kappa shape index (κ2) is 13.8. The summed E-state index contributed by atoms with van der Waals surface area (Å²) in [6.07, 6.45) is 5.20. The molecule has 2 atom stereocenters.